The van der Waals surface area contributed by atoms with Crippen molar-refractivity contribution >= 4 is 17.7 Å². The lowest BCUT2D eigenvalue weighted by Crippen LogP contribution is -2.41. The summed E-state index contributed by atoms with van der Waals surface area (Å²) in [5.74, 6) is 0.821. The van der Waals surface area contributed by atoms with E-state index in [1.807, 2.05) is 24.3 Å². The summed E-state index contributed by atoms with van der Waals surface area (Å²) in [6.07, 6.45) is 1.94. The first-order valence-corrected chi connectivity index (χ1v) is 9.67. The van der Waals surface area contributed by atoms with Crippen LogP contribution >= 0.6 is 0 Å². The predicted molar refractivity (Wildman–Crippen MR) is 113 cm³/mol. The quantitative estimate of drug-likeness (QED) is 0.506. The molecule has 0 bridgehead atoms. The number of guanidine groups is 1. The van der Waals surface area contributed by atoms with E-state index in [9.17, 15) is 4.79 Å². The second-order valence-corrected chi connectivity index (χ2v) is 7.01. The maximum Gasteiger partial charge on any atom is 0.411 e. The monoisotopic (exact) mass is 380 g/mol. The van der Waals surface area contributed by atoms with Gasteiger partial charge in [0.2, 0.25) is 0 Å². The van der Waals surface area contributed by atoms with Crippen molar-refractivity contribution in [3.05, 3.63) is 65.7 Å². The van der Waals surface area contributed by atoms with Crippen LogP contribution < -0.4 is 16.0 Å². The highest BCUT2D eigenvalue weighted by atomic mass is 16.5. The Hall–Kier alpha value is -3.02. The smallest absolute Gasteiger partial charge is 0.411 e. The van der Waals surface area contributed by atoms with Gasteiger partial charge in [0.25, 0.3) is 0 Å². The molecule has 148 valence electrons. The zero-order chi connectivity index (χ0) is 19.8. The highest BCUT2D eigenvalue weighted by Gasteiger charge is 2.43. The van der Waals surface area contributed by atoms with Gasteiger partial charge in [-0.3, -0.25) is 5.32 Å². The molecule has 0 aromatic heterocycles. The highest BCUT2D eigenvalue weighted by molar-refractivity contribution is 5.84. The number of nitrogens with zero attached hydrogens (tertiary/aromatic N) is 1. The predicted octanol–water partition coefficient (Wildman–Crippen LogP) is 3.65. The highest BCUT2D eigenvalue weighted by Crippen LogP contribution is 2.47. The average molecular weight is 380 g/mol. The first-order valence-electron chi connectivity index (χ1n) is 9.67. The lowest BCUT2D eigenvalue weighted by atomic mass is 9.96. The maximum atomic E-state index is 11.2. The van der Waals surface area contributed by atoms with Crippen molar-refractivity contribution in [1.29, 1.82) is 0 Å². The Balaban J connectivity index is 1.58. The molecule has 0 heterocycles. The first kappa shape index (κ1) is 19.7. The topological polar surface area (TPSA) is 74.8 Å². The van der Waals surface area contributed by atoms with Crippen molar-refractivity contribution in [2.45, 2.75) is 31.7 Å². The van der Waals surface area contributed by atoms with Crippen LogP contribution in [-0.4, -0.2) is 32.3 Å². The zero-order valence-electron chi connectivity index (χ0n) is 16.5. The lowest BCUT2D eigenvalue weighted by Gasteiger charge is -2.19. The van der Waals surface area contributed by atoms with Crippen molar-refractivity contribution in [2.75, 3.05) is 25.5 Å². The molecule has 0 aliphatic heterocycles. The van der Waals surface area contributed by atoms with Gasteiger partial charge in [0, 0.05) is 24.2 Å². The number of methoxy groups -OCH3 is 1. The Labute approximate surface area is 166 Å². The molecule has 0 unspecified atom stereocenters. The zero-order valence-corrected chi connectivity index (χ0v) is 16.5. The van der Waals surface area contributed by atoms with Crippen molar-refractivity contribution in [3.8, 4) is 0 Å². The molecule has 1 aliphatic carbocycles. The SMILES string of the molecule is CCNC(=NCc1ccc(NC(=O)OC)cc1)NCC1(c2ccccc2)CC1. The van der Waals surface area contributed by atoms with Gasteiger partial charge >= 0.3 is 6.09 Å². The van der Waals surface area contributed by atoms with E-state index in [1.54, 1.807) is 0 Å². The fraction of sp³-hybridized carbons (Fsp3) is 0.364. The Morgan fingerprint density at radius 2 is 1.79 bits per heavy atom. The number of ether oxygens (including phenoxy) is 1. The van der Waals surface area contributed by atoms with Gasteiger partial charge in [0.15, 0.2) is 5.96 Å². The molecular formula is C22H28N4O2. The Morgan fingerprint density at radius 3 is 2.39 bits per heavy atom. The van der Waals surface area contributed by atoms with Gasteiger partial charge in [-0.1, -0.05) is 42.5 Å². The molecule has 28 heavy (non-hydrogen) atoms. The number of hydrogen-bond donors (Lipinski definition) is 3. The fourth-order valence-corrected chi connectivity index (χ4v) is 3.14. The van der Waals surface area contributed by atoms with Crippen LogP contribution in [-0.2, 0) is 16.7 Å². The fourth-order valence-electron chi connectivity index (χ4n) is 3.14. The molecule has 3 rings (SSSR count). The molecule has 1 saturated carbocycles. The molecule has 0 radical (unpaired) electrons. The molecule has 6 heteroatoms. The number of rotatable bonds is 7. The number of carbonyl (C=O) groups is 1. The van der Waals surface area contributed by atoms with Gasteiger partial charge in [0.05, 0.1) is 13.7 Å². The Morgan fingerprint density at radius 1 is 1.07 bits per heavy atom. The average Bonchev–Trinajstić information content (AvgIpc) is 3.53. The number of amides is 1. The van der Waals surface area contributed by atoms with Gasteiger partial charge in [-0.05, 0) is 43.0 Å². The third kappa shape index (κ3) is 5.25. The summed E-state index contributed by atoms with van der Waals surface area (Å²) >= 11 is 0. The molecule has 1 fully saturated rings. The van der Waals surface area contributed by atoms with Crippen molar-refractivity contribution in [2.24, 2.45) is 4.99 Å². The van der Waals surface area contributed by atoms with Gasteiger partial charge in [-0.25, -0.2) is 9.79 Å². The van der Waals surface area contributed by atoms with Crippen LogP contribution in [0.15, 0.2) is 59.6 Å². The molecule has 6 nitrogen and oxygen atoms in total. The molecular weight excluding hydrogens is 352 g/mol. The van der Waals surface area contributed by atoms with E-state index in [2.05, 4.69) is 57.9 Å². The van der Waals surface area contributed by atoms with E-state index in [0.29, 0.717) is 12.2 Å². The summed E-state index contributed by atoms with van der Waals surface area (Å²) in [6.45, 7) is 4.32. The number of carbonyl (C=O) groups excluding carboxylic acids is 1. The number of aliphatic imine (C=N–C) groups is 1. The van der Waals surface area contributed by atoms with Crippen LogP contribution in [0, 0.1) is 0 Å². The van der Waals surface area contributed by atoms with Crippen LogP contribution in [0.2, 0.25) is 0 Å². The van der Waals surface area contributed by atoms with Crippen molar-refractivity contribution in [1.82, 2.24) is 10.6 Å². The maximum absolute atomic E-state index is 11.2. The van der Waals surface area contributed by atoms with Crippen molar-refractivity contribution < 1.29 is 9.53 Å². The summed E-state index contributed by atoms with van der Waals surface area (Å²) in [5.41, 5.74) is 3.39. The second-order valence-electron chi connectivity index (χ2n) is 7.01. The second kappa shape index (κ2) is 9.26. The van der Waals surface area contributed by atoms with Gasteiger partial charge in [-0.15, -0.1) is 0 Å². The third-order valence-electron chi connectivity index (χ3n) is 4.98. The van der Waals surface area contributed by atoms with Crippen LogP contribution in [0.4, 0.5) is 10.5 Å². The third-order valence-corrected chi connectivity index (χ3v) is 4.98. The number of benzene rings is 2. The normalized spacial score (nSPS) is 14.9. The molecule has 0 saturated heterocycles. The van der Waals surface area contributed by atoms with E-state index >= 15 is 0 Å². The van der Waals surface area contributed by atoms with E-state index in [4.69, 9.17) is 4.99 Å². The minimum Gasteiger partial charge on any atom is -0.453 e. The van der Waals surface area contributed by atoms with E-state index in [0.717, 1.165) is 24.6 Å². The number of hydrogen-bond acceptors (Lipinski definition) is 3. The first-order chi connectivity index (χ1) is 13.6. The number of nitrogens with one attached hydrogen (secondary N) is 3. The molecule has 1 aliphatic rings. The minimum absolute atomic E-state index is 0.235. The van der Waals surface area contributed by atoms with Crippen LogP contribution in [0.3, 0.4) is 0 Å². The molecule has 1 amide bonds. The Bertz CT molecular complexity index is 799. The van der Waals surface area contributed by atoms with Crippen LogP contribution in [0.1, 0.15) is 30.9 Å². The van der Waals surface area contributed by atoms with E-state index in [1.165, 1.54) is 25.5 Å². The minimum atomic E-state index is -0.475. The summed E-state index contributed by atoms with van der Waals surface area (Å²) in [4.78, 5) is 15.9. The van der Waals surface area contributed by atoms with E-state index < -0.39 is 6.09 Å². The summed E-state index contributed by atoms with van der Waals surface area (Å²) in [6, 6.07) is 18.3. The standard InChI is InChI=1S/C22H28N4O2/c1-3-23-20(25-16-22(13-14-22)18-7-5-4-6-8-18)24-15-17-9-11-19(12-10-17)26-21(27)28-2/h4-12H,3,13-16H2,1-2H3,(H,26,27)(H2,23,24,25). The Kier molecular flexibility index (Phi) is 6.53. The van der Waals surface area contributed by atoms with Gasteiger partial charge < -0.3 is 15.4 Å². The lowest BCUT2D eigenvalue weighted by molar-refractivity contribution is 0.187. The molecule has 2 aromatic rings. The summed E-state index contributed by atoms with van der Waals surface area (Å²) in [7, 11) is 1.34. The van der Waals surface area contributed by atoms with E-state index in [-0.39, 0.29) is 5.41 Å². The molecule has 0 spiro atoms. The van der Waals surface area contributed by atoms with Gasteiger partial charge in [-0.2, -0.15) is 0 Å². The van der Waals surface area contributed by atoms with Crippen LogP contribution in [0.25, 0.3) is 0 Å². The molecule has 2 aromatic carbocycles. The summed E-state index contributed by atoms with van der Waals surface area (Å²) < 4.78 is 4.59. The number of anilines is 1. The largest absolute Gasteiger partial charge is 0.453 e. The molecule has 0 atom stereocenters. The molecule has 3 N–H and O–H groups in total. The van der Waals surface area contributed by atoms with Crippen molar-refractivity contribution in [3.63, 3.8) is 0 Å². The van der Waals surface area contributed by atoms with Gasteiger partial charge in [0.1, 0.15) is 0 Å². The summed E-state index contributed by atoms with van der Waals surface area (Å²) in [5, 5.41) is 9.46. The van der Waals surface area contributed by atoms with Crippen LogP contribution in [0.5, 0.6) is 0 Å².